The monoisotopic (exact) mass is 305 g/mol. The Balaban J connectivity index is 2.07. The molecule has 0 aromatic heterocycles. The van der Waals surface area contributed by atoms with Crippen LogP contribution in [0.25, 0.3) is 0 Å². The standard InChI is InChI=1S/C17H23NO4/c1-11(2)15-9-4-12(3)10-16(15)22-17(19)13-5-7-14(8-6-13)18(20)21/h5-8,11-12,15-16H,4,9-10H2,1-3H3/t12-,15-,16+/m1/s1. The fourth-order valence-corrected chi connectivity index (χ4v) is 3.17. The van der Waals surface area contributed by atoms with E-state index in [1.54, 1.807) is 0 Å². The molecule has 5 heteroatoms. The normalized spacial score (nSPS) is 25.0. The highest BCUT2D eigenvalue weighted by Gasteiger charge is 2.33. The SMILES string of the molecule is CC(C)[C@H]1CC[C@@H](C)C[C@@H]1OC(=O)c1ccc([N+](=O)[O-])cc1. The first-order valence-corrected chi connectivity index (χ1v) is 7.84. The average Bonchev–Trinajstić information content (AvgIpc) is 2.47. The molecule has 3 atom stereocenters. The molecule has 1 fully saturated rings. The maximum absolute atomic E-state index is 12.3. The minimum atomic E-state index is -0.479. The van der Waals surface area contributed by atoms with Gasteiger partial charge < -0.3 is 4.74 Å². The van der Waals surface area contributed by atoms with Gasteiger partial charge in [-0.1, -0.05) is 27.2 Å². The number of hydrogen-bond acceptors (Lipinski definition) is 4. The Morgan fingerprint density at radius 2 is 1.91 bits per heavy atom. The van der Waals surface area contributed by atoms with Gasteiger partial charge in [0.15, 0.2) is 0 Å². The molecular formula is C17H23NO4. The molecule has 1 aromatic rings. The third kappa shape index (κ3) is 3.84. The number of rotatable bonds is 4. The van der Waals surface area contributed by atoms with Crippen molar-refractivity contribution >= 4 is 11.7 Å². The molecule has 0 spiro atoms. The first-order valence-electron chi connectivity index (χ1n) is 7.84. The van der Waals surface area contributed by atoms with Crippen molar-refractivity contribution in [2.45, 2.75) is 46.1 Å². The zero-order valence-corrected chi connectivity index (χ0v) is 13.3. The molecule has 0 heterocycles. The molecule has 0 amide bonds. The molecule has 1 saturated carbocycles. The van der Waals surface area contributed by atoms with Crippen LogP contribution in [0.5, 0.6) is 0 Å². The van der Waals surface area contributed by atoms with E-state index >= 15 is 0 Å². The van der Waals surface area contributed by atoms with Crippen molar-refractivity contribution in [3.05, 3.63) is 39.9 Å². The van der Waals surface area contributed by atoms with Gasteiger partial charge in [-0.05, 0) is 42.7 Å². The number of nitro groups is 1. The fraction of sp³-hybridized carbons (Fsp3) is 0.588. The van der Waals surface area contributed by atoms with Crippen LogP contribution in [-0.2, 0) is 4.74 Å². The van der Waals surface area contributed by atoms with Crippen LogP contribution in [0.1, 0.15) is 50.4 Å². The lowest BCUT2D eigenvalue weighted by Gasteiger charge is -2.36. The average molecular weight is 305 g/mol. The highest BCUT2D eigenvalue weighted by Crippen LogP contribution is 2.35. The van der Waals surface area contributed by atoms with E-state index in [-0.39, 0.29) is 17.8 Å². The van der Waals surface area contributed by atoms with Gasteiger partial charge in [-0.25, -0.2) is 4.79 Å². The third-order valence-electron chi connectivity index (χ3n) is 4.53. The number of esters is 1. The zero-order valence-electron chi connectivity index (χ0n) is 13.3. The van der Waals surface area contributed by atoms with Gasteiger partial charge in [-0.2, -0.15) is 0 Å². The molecule has 0 bridgehead atoms. The summed E-state index contributed by atoms with van der Waals surface area (Å²) in [7, 11) is 0. The smallest absolute Gasteiger partial charge is 0.338 e. The van der Waals surface area contributed by atoms with Crippen LogP contribution in [0, 0.1) is 27.9 Å². The van der Waals surface area contributed by atoms with Gasteiger partial charge in [-0.3, -0.25) is 10.1 Å². The van der Waals surface area contributed by atoms with E-state index in [1.165, 1.54) is 30.7 Å². The Morgan fingerprint density at radius 1 is 1.27 bits per heavy atom. The number of nitrogens with zero attached hydrogens (tertiary/aromatic N) is 1. The Bertz CT molecular complexity index is 538. The summed E-state index contributed by atoms with van der Waals surface area (Å²) in [5.74, 6) is 1.03. The van der Waals surface area contributed by atoms with Crippen molar-refractivity contribution < 1.29 is 14.5 Å². The van der Waals surface area contributed by atoms with Gasteiger partial charge in [0, 0.05) is 12.1 Å². The fourth-order valence-electron chi connectivity index (χ4n) is 3.17. The quantitative estimate of drug-likeness (QED) is 0.474. The van der Waals surface area contributed by atoms with E-state index in [9.17, 15) is 14.9 Å². The number of carbonyl (C=O) groups is 1. The lowest BCUT2D eigenvalue weighted by Crippen LogP contribution is -2.35. The second-order valence-electron chi connectivity index (χ2n) is 6.57. The van der Waals surface area contributed by atoms with Crippen molar-refractivity contribution in [1.29, 1.82) is 0 Å². The van der Waals surface area contributed by atoms with Crippen molar-refractivity contribution in [3.8, 4) is 0 Å². The minimum Gasteiger partial charge on any atom is -0.458 e. The number of benzene rings is 1. The molecule has 0 aliphatic heterocycles. The van der Waals surface area contributed by atoms with E-state index in [1.807, 2.05) is 0 Å². The van der Waals surface area contributed by atoms with Crippen LogP contribution in [0.3, 0.4) is 0 Å². The Kier molecular flexibility index (Phi) is 5.16. The topological polar surface area (TPSA) is 69.4 Å². The minimum absolute atomic E-state index is 0.0251. The van der Waals surface area contributed by atoms with Crippen LogP contribution in [-0.4, -0.2) is 17.0 Å². The van der Waals surface area contributed by atoms with Gasteiger partial charge in [0.25, 0.3) is 5.69 Å². The summed E-state index contributed by atoms with van der Waals surface area (Å²) in [6.07, 6.45) is 3.08. The second-order valence-corrected chi connectivity index (χ2v) is 6.57. The lowest BCUT2D eigenvalue weighted by molar-refractivity contribution is -0.384. The van der Waals surface area contributed by atoms with Crippen LogP contribution in [0.2, 0.25) is 0 Å². The summed E-state index contributed by atoms with van der Waals surface area (Å²) in [5, 5.41) is 10.6. The number of nitro benzene ring substituents is 1. The Labute approximate surface area is 130 Å². The highest BCUT2D eigenvalue weighted by atomic mass is 16.6. The molecule has 1 aliphatic carbocycles. The first kappa shape index (κ1) is 16.5. The molecule has 0 saturated heterocycles. The van der Waals surface area contributed by atoms with Crippen molar-refractivity contribution in [3.63, 3.8) is 0 Å². The predicted octanol–water partition coefficient (Wildman–Crippen LogP) is 4.21. The largest absolute Gasteiger partial charge is 0.458 e. The summed E-state index contributed by atoms with van der Waals surface area (Å²) < 4.78 is 5.71. The zero-order chi connectivity index (χ0) is 16.3. The summed E-state index contributed by atoms with van der Waals surface area (Å²) in [4.78, 5) is 22.4. The molecule has 0 radical (unpaired) electrons. The second kappa shape index (κ2) is 6.90. The van der Waals surface area contributed by atoms with Crippen LogP contribution >= 0.6 is 0 Å². The Morgan fingerprint density at radius 3 is 2.45 bits per heavy atom. The van der Waals surface area contributed by atoms with Gasteiger partial charge in [0.05, 0.1) is 10.5 Å². The van der Waals surface area contributed by atoms with E-state index in [2.05, 4.69) is 20.8 Å². The lowest BCUT2D eigenvalue weighted by atomic mass is 9.75. The van der Waals surface area contributed by atoms with Gasteiger partial charge in [0.2, 0.25) is 0 Å². The number of carbonyl (C=O) groups excluding carboxylic acids is 1. The van der Waals surface area contributed by atoms with Gasteiger partial charge >= 0.3 is 5.97 Å². The number of hydrogen-bond donors (Lipinski definition) is 0. The summed E-state index contributed by atoms with van der Waals surface area (Å²) in [5.41, 5.74) is 0.342. The molecule has 5 nitrogen and oxygen atoms in total. The number of ether oxygens (including phenoxy) is 1. The highest BCUT2D eigenvalue weighted by molar-refractivity contribution is 5.89. The first-order chi connectivity index (χ1) is 10.4. The van der Waals surface area contributed by atoms with Crippen molar-refractivity contribution in [2.24, 2.45) is 17.8 Å². The predicted molar refractivity (Wildman–Crippen MR) is 83.6 cm³/mol. The molecule has 22 heavy (non-hydrogen) atoms. The van der Waals surface area contributed by atoms with E-state index in [4.69, 9.17) is 4.74 Å². The maximum Gasteiger partial charge on any atom is 0.338 e. The van der Waals surface area contributed by atoms with Gasteiger partial charge in [0.1, 0.15) is 6.10 Å². The molecule has 0 unspecified atom stereocenters. The number of non-ortho nitro benzene ring substituents is 1. The van der Waals surface area contributed by atoms with Crippen molar-refractivity contribution in [1.82, 2.24) is 0 Å². The molecule has 0 N–H and O–H groups in total. The summed E-state index contributed by atoms with van der Waals surface area (Å²) in [6, 6.07) is 5.58. The molecule has 1 aliphatic rings. The van der Waals surface area contributed by atoms with Gasteiger partial charge in [-0.15, -0.1) is 0 Å². The van der Waals surface area contributed by atoms with E-state index in [0.29, 0.717) is 23.3 Å². The Hall–Kier alpha value is -1.91. The van der Waals surface area contributed by atoms with E-state index in [0.717, 1.165) is 12.8 Å². The van der Waals surface area contributed by atoms with Crippen LogP contribution < -0.4 is 0 Å². The molecule has 1 aromatic carbocycles. The summed E-state index contributed by atoms with van der Waals surface area (Å²) in [6.45, 7) is 6.50. The van der Waals surface area contributed by atoms with Crippen LogP contribution in [0.15, 0.2) is 24.3 Å². The molecular weight excluding hydrogens is 282 g/mol. The molecule has 2 rings (SSSR count). The maximum atomic E-state index is 12.3. The van der Waals surface area contributed by atoms with Crippen molar-refractivity contribution in [2.75, 3.05) is 0 Å². The molecule has 120 valence electrons. The third-order valence-corrected chi connectivity index (χ3v) is 4.53. The van der Waals surface area contributed by atoms with Crippen LogP contribution in [0.4, 0.5) is 5.69 Å². The summed E-state index contributed by atoms with van der Waals surface area (Å²) >= 11 is 0. The van der Waals surface area contributed by atoms with E-state index < -0.39 is 4.92 Å².